The van der Waals surface area contributed by atoms with Crippen LogP contribution >= 0.6 is 23.2 Å². The van der Waals surface area contributed by atoms with Crippen LogP contribution < -0.4 is 5.32 Å². The largest absolute Gasteiger partial charge is 0.331 e. The third-order valence-electron chi connectivity index (χ3n) is 4.61. The quantitative estimate of drug-likeness (QED) is 0.670. The normalized spacial score (nSPS) is 13.3. The van der Waals surface area contributed by atoms with E-state index in [0.29, 0.717) is 40.1 Å². The van der Waals surface area contributed by atoms with Crippen molar-refractivity contribution in [2.75, 3.05) is 11.9 Å². The highest BCUT2D eigenvalue weighted by molar-refractivity contribution is 6.36. The van der Waals surface area contributed by atoms with Crippen LogP contribution in [-0.2, 0) is 13.1 Å². The number of anilines is 1. The van der Waals surface area contributed by atoms with E-state index in [4.69, 9.17) is 23.2 Å². The maximum atomic E-state index is 13.0. The van der Waals surface area contributed by atoms with E-state index in [1.54, 1.807) is 23.1 Å². The molecule has 29 heavy (non-hydrogen) atoms. The van der Waals surface area contributed by atoms with Gasteiger partial charge in [0.2, 0.25) is 0 Å². The van der Waals surface area contributed by atoms with Crippen LogP contribution in [0.5, 0.6) is 0 Å². The van der Waals surface area contributed by atoms with Crippen LogP contribution in [0, 0.1) is 5.82 Å². The van der Waals surface area contributed by atoms with Gasteiger partial charge in [-0.05, 0) is 36.4 Å². The second-order valence-corrected chi connectivity index (χ2v) is 7.34. The fourth-order valence-electron chi connectivity index (χ4n) is 3.10. The van der Waals surface area contributed by atoms with Gasteiger partial charge in [0.05, 0.1) is 6.54 Å². The minimum absolute atomic E-state index is 0.107. The van der Waals surface area contributed by atoms with Crippen LogP contribution in [0.25, 0.3) is 0 Å². The second kappa shape index (κ2) is 7.85. The van der Waals surface area contributed by atoms with Crippen molar-refractivity contribution in [3.8, 4) is 0 Å². The molecule has 1 N–H and O–H groups in total. The SMILES string of the molecule is O=C(Nc1ccc(F)cc1)c1cc2n(n1)CCN(Cc1c(Cl)cccc1Cl)C2=O. The Labute approximate surface area is 175 Å². The standard InChI is InChI=1S/C20H15Cl2FN4O2/c21-15-2-1-3-16(22)14(15)11-26-8-9-27-18(20(26)29)10-17(25-27)19(28)24-13-6-4-12(23)5-7-13/h1-7,10H,8-9,11H2,(H,24,28). The Morgan fingerprint density at radius 3 is 2.48 bits per heavy atom. The highest BCUT2D eigenvalue weighted by Gasteiger charge is 2.28. The number of amides is 2. The van der Waals surface area contributed by atoms with Gasteiger partial charge < -0.3 is 10.2 Å². The van der Waals surface area contributed by atoms with Crippen molar-refractivity contribution >= 4 is 40.7 Å². The molecule has 0 bridgehead atoms. The van der Waals surface area contributed by atoms with Gasteiger partial charge in [-0.25, -0.2) is 4.39 Å². The Kier molecular flexibility index (Phi) is 5.25. The highest BCUT2D eigenvalue weighted by atomic mass is 35.5. The number of rotatable bonds is 4. The Morgan fingerprint density at radius 2 is 1.79 bits per heavy atom. The molecule has 2 heterocycles. The molecule has 0 saturated carbocycles. The maximum absolute atomic E-state index is 13.0. The molecular weight excluding hydrogens is 418 g/mol. The van der Waals surface area contributed by atoms with Crippen LogP contribution in [0.3, 0.4) is 0 Å². The third kappa shape index (κ3) is 3.97. The highest BCUT2D eigenvalue weighted by Crippen LogP contribution is 2.27. The molecule has 4 rings (SSSR count). The summed E-state index contributed by atoms with van der Waals surface area (Å²) in [6, 6.07) is 12.0. The maximum Gasteiger partial charge on any atom is 0.276 e. The number of halogens is 3. The van der Waals surface area contributed by atoms with Gasteiger partial charge in [-0.15, -0.1) is 0 Å². The van der Waals surface area contributed by atoms with E-state index in [1.165, 1.54) is 35.0 Å². The second-order valence-electron chi connectivity index (χ2n) is 6.53. The number of nitrogens with one attached hydrogen (secondary N) is 1. The summed E-state index contributed by atoms with van der Waals surface area (Å²) >= 11 is 12.4. The molecule has 0 spiro atoms. The van der Waals surface area contributed by atoms with E-state index in [1.807, 2.05) is 0 Å². The summed E-state index contributed by atoms with van der Waals surface area (Å²) in [6.45, 7) is 1.11. The molecule has 0 radical (unpaired) electrons. The van der Waals surface area contributed by atoms with Crippen molar-refractivity contribution in [1.82, 2.24) is 14.7 Å². The summed E-state index contributed by atoms with van der Waals surface area (Å²) in [5, 5.41) is 7.84. The van der Waals surface area contributed by atoms with Gasteiger partial charge in [-0.2, -0.15) is 5.10 Å². The molecule has 0 unspecified atom stereocenters. The molecule has 6 nitrogen and oxygen atoms in total. The number of fused-ring (bicyclic) bond motifs is 1. The average Bonchev–Trinajstić information content (AvgIpc) is 3.14. The van der Waals surface area contributed by atoms with Gasteiger partial charge in [0.25, 0.3) is 11.8 Å². The lowest BCUT2D eigenvalue weighted by atomic mass is 10.2. The molecule has 0 saturated heterocycles. The van der Waals surface area contributed by atoms with Crippen LogP contribution in [0.2, 0.25) is 10.0 Å². The predicted molar refractivity (Wildman–Crippen MR) is 108 cm³/mol. The minimum atomic E-state index is -0.480. The number of benzene rings is 2. The number of hydrogen-bond acceptors (Lipinski definition) is 3. The van der Waals surface area contributed by atoms with E-state index in [2.05, 4.69) is 10.4 Å². The van der Waals surface area contributed by atoms with Crippen molar-refractivity contribution in [2.24, 2.45) is 0 Å². The molecular formula is C20H15Cl2FN4O2. The first kappa shape index (κ1) is 19.4. The van der Waals surface area contributed by atoms with Gasteiger partial charge >= 0.3 is 0 Å². The average molecular weight is 433 g/mol. The molecule has 148 valence electrons. The first-order chi connectivity index (χ1) is 13.9. The molecule has 0 atom stereocenters. The van der Waals surface area contributed by atoms with Gasteiger partial charge in [0, 0.05) is 40.5 Å². The molecule has 1 aliphatic rings. The molecule has 2 amide bonds. The first-order valence-corrected chi connectivity index (χ1v) is 9.55. The fourth-order valence-corrected chi connectivity index (χ4v) is 3.62. The number of carbonyl (C=O) groups is 2. The number of carbonyl (C=O) groups excluding carboxylic acids is 2. The first-order valence-electron chi connectivity index (χ1n) is 8.79. The lowest BCUT2D eigenvalue weighted by molar-refractivity contribution is 0.0683. The summed E-state index contributed by atoms with van der Waals surface area (Å²) in [5.74, 6) is -1.14. The lowest BCUT2D eigenvalue weighted by Crippen LogP contribution is -2.39. The van der Waals surface area contributed by atoms with Crippen LogP contribution in [0.15, 0.2) is 48.5 Å². The third-order valence-corrected chi connectivity index (χ3v) is 5.32. The fraction of sp³-hybridized carbons (Fsp3) is 0.150. The number of nitrogens with zero attached hydrogens (tertiary/aromatic N) is 3. The summed E-state index contributed by atoms with van der Waals surface area (Å²) < 4.78 is 14.5. The minimum Gasteiger partial charge on any atom is -0.331 e. The molecule has 1 aromatic heterocycles. The van der Waals surface area contributed by atoms with Crippen molar-refractivity contribution in [3.05, 3.63) is 81.3 Å². The van der Waals surface area contributed by atoms with Crippen molar-refractivity contribution in [1.29, 1.82) is 0 Å². The molecule has 1 aliphatic heterocycles. The molecule has 2 aromatic carbocycles. The van der Waals surface area contributed by atoms with Crippen LogP contribution in [0.1, 0.15) is 26.5 Å². The van der Waals surface area contributed by atoms with Crippen molar-refractivity contribution in [3.63, 3.8) is 0 Å². The van der Waals surface area contributed by atoms with E-state index < -0.39 is 11.7 Å². The lowest BCUT2D eigenvalue weighted by Gasteiger charge is -2.28. The van der Waals surface area contributed by atoms with E-state index in [9.17, 15) is 14.0 Å². The predicted octanol–water partition coefficient (Wildman–Crippen LogP) is 4.24. The summed E-state index contributed by atoms with van der Waals surface area (Å²) in [5.41, 5.74) is 1.52. The van der Waals surface area contributed by atoms with Gasteiger partial charge in [-0.1, -0.05) is 29.3 Å². The summed E-state index contributed by atoms with van der Waals surface area (Å²) in [4.78, 5) is 26.9. The Balaban J connectivity index is 1.52. The van der Waals surface area contributed by atoms with E-state index in [-0.39, 0.29) is 18.1 Å². The van der Waals surface area contributed by atoms with Crippen LogP contribution in [-0.4, -0.2) is 33.0 Å². The zero-order valence-corrected chi connectivity index (χ0v) is 16.5. The number of aromatic nitrogens is 2. The van der Waals surface area contributed by atoms with Crippen molar-refractivity contribution in [2.45, 2.75) is 13.1 Å². The topological polar surface area (TPSA) is 67.2 Å². The van der Waals surface area contributed by atoms with Crippen molar-refractivity contribution < 1.29 is 14.0 Å². The molecule has 0 fully saturated rings. The Morgan fingerprint density at radius 1 is 1.10 bits per heavy atom. The number of hydrogen-bond donors (Lipinski definition) is 1. The zero-order chi connectivity index (χ0) is 20.5. The Bertz CT molecular complexity index is 1080. The molecule has 0 aliphatic carbocycles. The monoisotopic (exact) mass is 432 g/mol. The van der Waals surface area contributed by atoms with E-state index in [0.717, 1.165) is 0 Å². The molecule has 9 heteroatoms. The van der Waals surface area contributed by atoms with Gasteiger partial charge in [0.15, 0.2) is 5.69 Å². The zero-order valence-electron chi connectivity index (χ0n) is 15.0. The smallest absolute Gasteiger partial charge is 0.276 e. The van der Waals surface area contributed by atoms with E-state index >= 15 is 0 Å². The van der Waals surface area contributed by atoms with Gasteiger partial charge in [-0.3, -0.25) is 14.3 Å². The van der Waals surface area contributed by atoms with Crippen LogP contribution in [0.4, 0.5) is 10.1 Å². The summed E-state index contributed by atoms with van der Waals surface area (Å²) in [6.07, 6.45) is 0. The Hall–Kier alpha value is -2.90. The van der Waals surface area contributed by atoms with Gasteiger partial charge in [0.1, 0.15) is 11.5 Å². The summed E-state index contributed by atoms with van der Waals surface area (Å²) in [7, 11) is 0. The molecule has 3 aromatic rings.